The zero-order chi connectivity index (χ0) is 20.8. The second-order valence-corrected chi connectivity index (χ2v) is 7.28. The van der Waals surface area contributed by atoms with Crippen molar-refractivity contribution in [3.05, 3.63) is 0 Å². The summed E-state index contributed by atoms with van der Waals surface area (Å²) in [7, 11) is 1.55. The number of ether oxygens (including phenoxy) is 2. The highest BCUT2D eigenvalue weighted by molar-refractivity contribution is 5.83. The van der Waals surface area contributed by atoms with Gasteiger partial charge in [-0.05, 0) is 38.5 Å². The normalized spacial score (nSPS) is 16.9. The number of carbonyl (C=O) groups is 1. The lowest BCUT2D eigenvalue weighted by molar-refractivity contribution is 0.102. The Morgan fingerprint density at radius 1 is 1.28 bits per heavy atom. The number of imidazole rings is 1. The number of likely N-dealkylation sites (tertiary alicyclic amines) is 1. The summed E-state index contributed by atoms with van der Waals surface area (Å²) in [5.41, 5.74) is 7.11. The van der Waals surface area contributed by atoms with E-state index in [0.29, 0.717) is 36.9 Å². The second kappa shape index (κ2) is 9.62. The SMILES string of the molecule is CCCCOc1nc(N)c2nc(OC)n(CCCC3CCCCN3C(=O)O)c2n1. The van der Waals surface area contributed by atoms with Crippen LogP contribution in [0.2, 0.25) is 0 Å². The molecule has 3 rings (SSSR count). The zero-order valence-corrected chi connectivity index (χ0v) is 17.1. The summed E-state index contributed by atoms with van der Waals surface area (Å²) in [5.74, 6) is 0.253. The molecule has 1 aliphatic rings. The highest BCUT2D eigenvalue weighted by Crippen LogP contribution is 2.27. The van der Waals surface area contributed by atoms with Crippen molar-refractivity contribution in [2.45, 2.75) is 64.5 Å². The molecule has 1 fully saturated rings. The number of nitrogens with two attached hydrogens (primary N) is 1. The van der Waals surface area contributed by atoms with E-state index < -0.39 is 6.09 Å². The van der Waals surface area contributed by atoms with Gasteiger partial charge in [-0.15, -0.1) is 0 Å². The molecule has 0 aromatic carbocycles. The van der Waals surface area contributed by atoms with Crippen LogP contribution in [0.25, 0.3) is 11.2 Å². The molecule has 1 saturated heterocycles. The molecule has 0 radical (unpaired) electrons. The first-order chi connectivity index (χ1) is 14.0. The van der Waals surface area contributed by atoms with Crippen LogP contribution in [-0.2, 0) is 6.54 Å². The van der Waals surface area contributed by atoms with Crippen molar-refractivity contribution in [1.29, 1.82) is 0 Å². The molecule has 2 aromatic rings. The molecule has 1 amide bonds. The lowest BCUT2D eigenvalue weighted by atomic mass is 9.98. The maximum absolute atomic E-state index is 11.5. The molecule has 29 heavy (non-hydrogen) atoms. The molecule has 3 N–H and O–H groups in total. The van der Waals surface area contributed by atoms with Crippen molar-refractivity contribution < 1.29 is 19.4 Å². The Bertz CT molecular complexity index is 840. The summed E-state index contributed by atoms with van der Waals surface area (Å²) >= 11 is 0. The van der Waals surface area contributed by atoms with Crippen LogP contribution in [0.15, 0.2) is 0 Å². The van der Waals surface area contributed by atoms with Crippen LogP contribution < -0.4 is 15.2 Å². The lowest BCUT2D eigenvalue weighted by Crippen LogP contribution is -2.42. The molecule has 2 aromatic heterocycles. The van der Waals surface area contributed by atoms with Crippen LogP contribution in [0, 0.1) is 0 Å². The number of carboxylic acid groups (broad SMARTS) is 1. The molecular formula is C19H30N6O4. The summed E-state index contributed by atoms with van der Waals surface area (Å²) in [6, 6.07) is 0.691. The number of aromatic nitrogens is 4. The number of unbranched alkanes of at least 4 members (excludes halogenated alkanes) is 1. The van der Waals surface area contributed by atoms with Gasteiger partial charge in [0.25, 0.3) is 6.01 Å². The van der Waals surface area contributed by atoms with Gasteiger partial charge in [-0.25, -0.2) is 4.79 Å². The van der Waals surface area contributed by atoms with Crippen molar-refractivity contribution in [1.82, 2.24) is 24.4 Å². The van der Waals surface area contributed by atoms with Gasteiger partial charge < -0.3 is 25.2 Å². The average Bonchev–Trinajstić information content (AvgIpc) is 3.07. The quantitative estimate of drug-likeness (QED) is 0.608. The van der Waals surface area contributed by atoms with E-state index in [1.54, 1.807) is 12.0 Å². The van der Waals surface area contributed by atoms with Crippen LogP contribution >= 0.6 is 0 Å². The van der Waals surface area contributed by atoms with Gasteiger partial charge in [-0.1, -0.05) is 13.3 Å². The minimum atomic E-state index is -0.838. The highest BCUT2D eigenvalue weighted by Gasteiger charge is 2.26. The van der Waals surface area contributed by atoms with Gasteiger partial charge in [0.1, 0.15) is 0 Å². The molecule has 10 nitrogen and oxygen atoms in total. The number of anilines is 1. The number of hydrogen-bond acceptors (Lipinski definition) is 7. The molecule has 3 heterocycles. The van der Waals surface area contributed by atoms with Crippen LogP contribution in [0.4, 0.5) is 10.6 Å². The Morgan fingerprint density at radius 2 is 2.10 bits per heavy atom. The fourth-order valence-corrected chi connectivity index (χ4v) is 3.75. The summed E-state index contributed by atoms with van der Waals surface area (Å²) in [4.78, 5) is 26.1. The van der Waals surface area contributed by atoms with Gasteiger partial charge in [0.05, 0.1) is 13.7 Å². The van der Waals surface area contributed by atoms with E-state index in [4.69, 9.17) is 15.2 Å². The largest absolute Gasteiger partial charge is 0.468 e. The monoisotopic (exact) mass is 406 g/mol. The Kier molecular flexibility index (Phi) is 6.95. The van der Waals surface area contributed by atoms with Gasteiger partial charge in [0.15, 0.2) is 17.0 Å². The third kappa shape index (κ3) is 4.80. The van der Waals surface area contributed by atoms with Crippen LogP contribution in [-0.4, -0.2) is 61.9 Å². The topological polar surface area (TPSA) is 129 Å². The molecule has 0 saturated carbocycles. The summed E-state index contributed by atoms with van der Waals surface area (Å²) in [6.07, 6.45) is 5.52. The van der Waals surface area contributed by atoms with E-state index in [-0.39, 0.29) is 17.9 Å². The second-order valence-electron chi connectivity index (χ2n) is 7.28. The minimum absolute atomic E-state index is 0.0506. The Balaban J connectivity index is 1.75. The fraction of sp³-hybridized carbons (Fsp3) is 0.684. The average molecular weight is 406 g/mol. The number of nitrogen functional groups attached to an aromatic ring is 1. The molecule has 10 heteroatoms. The molecule has 1 unspecified atom stereocenters. The summed E-state index contributed by atoms with van der Waals surface area (Å²) < 4.78 is 12.9. The number of hydrogen-bond donors (Lipinski definition) is 2. The Hall–Kier alpha value is -2.78. The number of fused-ring (bicyclic) bond motifs is 1. The maximum atomic E-state index is 11.5. The maximum Gasteiger partial charge on any atom is 0.407 e. The highest BCUT2D eigenvalue weighted by atomic mass is 16.5. The van der Waals surface area contributed by atoms with E-state index in [1.165, 1.54) is 0 Å². The predicted molar refractivity (Wildman–Crippen MR) is 108 cm³/mol. The standard InChI is InChI=1S/C19H30N6O4/c1-3-4-12-29-17-22-15(20)14-16(23-17)25(18(21-14)28-2)11-7-9-13-8-5-6-10-24(13)19(26)27/h13H,3-12H2,1-2H3,(H,26,27)(H2,20,22,23). The third-order valence-corrected chi connectivity index (χ3v) is 5.27. The molecule has 0 spiro atoms. The van der Waals surface area contributed by atoms with E-state index in [0.717, 1.165) is 44.9 Å². The number of nitrogens with zero attached hydrogens (tertiary/aromatic N) is 5. The number of methoxy groups -OCH3 is 1. The van der Waals surface area contributed by atoms with E-state index in [9.17, 15) is 9.90 Å². The number of aryl methyl sites for hydroxylation is 1. The van der Waals surface area contributed by atoms with Crippen molar-refractivity contribution >= 4 is 23.1 Å². The number of amides is 1. The van der Waals surface area contributed by atoms with Crippen LogP contribution in [0.1, 0.15) is 51.9 Å². The van der Waals surface area contributed by atoms with Gasteiger partial charge >= 0.3 is 12.1 Å². The zero-order valence-electron chi connectivity index (χ0n) is 17.1. The molecule has 1 aliphatic heterocycles. The Labute approximate surface area is 170 Å². The van der Waals surface area contributed by atoms with Gasteiger partial charge in [-0.3, -0.25) is 4.57 Å². The van der Waals surface area contributed by atoms with Gasteiger partial charge in [0.2, 0.25) is 0 Å². The van der Waals surface area contributed by atoms with E-state index in [2.05, 4.69) is 21.9 Å². The minimum Gasteiger partial charge on any atom is -0.468 e. The Morgan fingerprint density at radius 3 is 2.83 bits per heavy atom. The molecule has 1 atom stereocenters. The van der Waals surface area contributed by atoms with Crippen LogP contribution in [0.3, 0.4) is 0 Å². The van der Waals surface area contributed by atoms with E-state index in [1.807, 2.05) is 4.57 Å². The van der Waals surface area contributed by atoms with Crippen LogP contribution in [0.5, 0.6) is 12.0 Å². The van der Waals surface area contributed by atoms with Gasteiger partial charge in [0, 0.05) is 19.1 Å². The van der Waals surface area contributed by atoms with Crippen molar-refractivity contribution in [2.75, 3.05) is 26.0 Å². The first-order valence-corrected chi connectivity index (χ1v) is 10.2. The molecular weight excluding hydrogens is 376 g/mol. The number of piperidine rings is 1. The van der Waals surface area contributed by atoms with Crippen molar-refractivity contribution in [3.8, 4) is 12.0 Å². The predicted octanol–water partition coefficient (Wildman–Crippen LogP) is 2.91. The van der Waals surface area contributed by atoms with E-state index >= 15 is 0 Å². The molecule has 0 aliphatic carbocycles. The lowest BCUT2D eigenvalue weighted by Gasteiger charge is -2.33. The van der Waals surface area contributed by atoms with Crippen molar-refractivity contribution in [2.24, 2.45) is 0 Å². The number of rotatable bonds is 9. The molecule has 0 bridgehead atoms. The van der Waals surface area contributed by atoms with Gasteiger partial charge in [-0.2, -0.15) is 15.0 Å². The molecule has 160 valence electrons. The first kappa shape index (κ1) is 20.9. The third-order valence-electron chi connectivity index (χ3n) is 5.27. The fourth-order valence-electron chi connectivity index (χ4n) is 3.75. The first-order valence-electron chi connectivity index (χ1n) is 10.2. The summed E-state index contributed by atoms with van der Waals surface area (Å²) in [6.45, 7) is 3.81. The summed E-state index contributed by atoms with van der Waals surface area (Å²) in [5, 5.41) is 9.41. The van der Waals surface area contributed by atoms with Crippen molar-refractivity contribution in [3.63, 3.8) is 0 Å². The smallest absolute Gasteiger partial charge is 0.407 e.